The summed E-state index contributed by atoms with van der Waals surface area (Å²) in [6.45, 7) is 0. The van der Waals surface area contributed by atoms with Crippen molar-refractivity contribution in [3.63, 3.8) is 0 Å². The maximum atomic E-state index is 4.24. The van der Waals surface area contributed by atoms with Gasteiger partial charge in [-0.25, -0.2) is 4.98 Å². The third-order valence-corrected chi connectivity index (χ3v) is 2.56. The predicted octanol–water partition coefficient (Wildman–Crippen LogP) is 2.24. The van der Waals surface area contributed by atoms with Crippen molar-refractivity contribution < 1.29 is 0 Å². The van der Waals surface area contributed by atoms with Crippen molar-refractivity contribution >= 4 is 15.9 Å². The van der Waals surface area contributed by atoms with Gasteiger partial charge in [-0.3, -0.25) is 4.98 Å². The van der Waals surface area contributed by atoms with E-state index in [0.29, 0.717) is 0 Å². The standard InChI is InChI=1S/C9H8BrN3/c1-13-8(10)6-12-9(13)7-4-2-3-5-11-7/h2-6H,1H3. The molecule has 2 aromatic rings. The van der Waals surface area contributed by atoms with Crippen LogP contribution in [0.15, 0.2) is 35.2 Å². The third-order valence-electron chi connectivity index (χ3n) is 1.83. The van der Waals surface area contributed by atoms with E-state index in [1.54, 1.807) is 12.4 Å². The molecule has 0 saturated heterocycles. The van der Waals surface area contributed by atoms with Crippen LogP contribution in [-0.4, -0.2) is 14.5 Å². The first-order chi connectivity index (χ1) is 6.29. The number of pyridine rings is 1. The van der Waals surface area contributed by atoms with Gasteiger partial charge in [0.2, 0.25) is 0 Å². The van der Waals surface area contributed by atoms with E-state index in [1.807, 2.05) is 29.8 Å². The molecule has 66 valence electrons. The van der Waals surface area contributed by atoms with E-state index >= 15 is 0 Å². The second-order valence-electron chi connectivity index (χ2n) is 2.68. The van der Waals surface area contributed by atoms with Crippen LogP contribution >= 0.6 is 15.9 Å². The molecule has 13 heavy (non-hydrogen) atoms. The minimum Gasteiger partial charge on any atom is -0.321 e. The zero-order valence-electron chi connectivity index (χ0n) is 7.11. The van der Waals surface area contributed by atoms with E-state index in [2.05, 4.69) is 25.9 Å². The Labute approximate surface area is 84.6 Å². The molecule has 0 bridgehead atoms. The highest BCUT2D eigenvalue weighted by molar-refractivity contribution is 9.10. The first-order valence-corrected chi connectivity index (χ1v) is 4.67. The van der Waals surface area contributed by atoms with E-state index < -0.39 is 0 Å². The second kappa shape index (κ2) is 3.30. The Kier molecular flexibility index (Phi) is 2.14. The van der Waals surface area contributed by atoms with Crippen LogP contribution in [0.5, 0.6) is 0 Å². The molecule has 0 spiro atoms. The minimum absolute atomic E-state index is 0.868. The van der Waals surface area contributed by atoms with Gasteiger partial charge < -0.3 is 4.57 Å². The lowest BCUT2D eigenvalue weighted by atomic mass is 10.3. The minimum atomic E-state index is 0.868. The highest BCUT2D eigenvalue weighted by Crippen LogP contribution is 2.18. The molecule has 2 heterocycles. The van der Waals surface area contributed by atoms with Crippen LogP contribution in [0, 0.1) is 0 Å². The van der Waals surface area contributed by atoms with Crippen molar-refractivity contribution in [2.75, 3.05) is 0 Å². The van der Waals surface area contributed by atoms with E-state index in [9.17, 15) is 0 Å². The Morgan fingerprint density at radius 1 is 1.31 bits per heavy atom. The number of halogens is 1. The van der Waals surface area contributed by atoms with Gasteiger partial charge in [0.15, 0.2) is 5.82 Å². The van der Waals surface area contributed by atoms with Gasteiger partial charge >= 0.3 is 0 Å². The van der Waals surface area contributed by atoms with Gasteiger partial charge in [-0.2, -0.15) is 0 Å². The van der Waals surface area contributed by atoms with Crippen LogP contribution < -0.4 is 0 Å². The van der Waals surface area contributed by atoms with Crippen LogP contribution in [0.25, 0.3) is 11.5 Å². The second-order valence-corrected chi connectivity index (χ2v) is 3.49. The van der Waals surface area contributed by atoms with Gasteiger partial charge in [0.1, 0.15) is 10.3 Å². The summed E-state index contributed by atoms with van der Waals surface area (Å²) in [6, 6.07) is 5.78. The van der Waals surface area contributed by atoms with Crippen LogP contribution in [0.4, 0.5) is 0 Å². The Bertz CT molecular complexity index is 408. The maximum absolute atomic E-state index is 4.24. The first kappa shape index (κ1) is 8.44. The number of nitrogens with zero attached hydrogens (tertiary/aromatic N) is 3. The third kappa shape index (κ3) is 1.49. The Balaban J connectivity index is 2.53. The summed E-state index contributed by atoms with van der Waals surface area (Å²) in [5, 5.41) is 0. The molecule has 4 heteroatoms. The quantitative estimate of drug-likeness (QED) is 0.762. The van der Waals surface area contributed by atoms with Gasteiger partial charge in [-0.1, -0.05) is 6.07 Å². The zero-order valence-corrected chi connectivity index (χ0v) is 8.69. The van der Waals surface area contributed by atoms with Gasteiger partial charge in [0.25, 0.3) is 0 Å². The average molecular weight is 238 g/mol. The van der Waals surface area contributed by atoms with Crippen molar-refractivity contribution in [1.82, 2.24) is 14.5 Å². The number of rotatable bonds is 1. The summed E-state index contributed by atoms with van der Waals surface area (Å²) in [4.78, 5) is 8.46. The summed E-state index contributed by atoms with van der Waals surface area (Å²) >= 11 is 3.39. The smallest absolute Gasteiger partial charge is 0.159 e. The lowest BCUT2D eigenvalue weighted by Crippen LogP contribution is -1.94. The van der Waals surface area contributed by atoms with Crippen molar-refractivity contribution in [3.8, 4) is 11.5 Å². The van der Waals surface area contributed by atoms with Gasteiger partial charge in [0.05, 0.1) is 6.20 Å². The van der Waals surface area contributed by atoms with E-state index in [-0.39, 0.29) is 0 Å². The summed E-state index contributed by atoms with van der Waals surface area (Å²) in [5.74, 6) is 0.868. The molecular formula is C9H8BrN3. The van der Waals surface area contributed by atoms with E-state index in [1.165, 1.54) is 0 Å². The largest absolute Gasteiger partial charge is 0.321 e. The summed E-state index contributed by atoms with van der Waals surface area (Å²) in [6.07, 6.45) is 3.53. The topological polar surface area (TPSA) is 30.7 Å². The molecule has 0 aliphatic rings. The summed E-state index contributed by atoms with van der Waals surface area (Å²) in [5.41, 5.74) is 0.885. The van der Waals surface area contributed by atoms with Gasteiger partial charge in [-0.15, -0.1) is 0 Å². The molecule has 0 radical (unpaired) electrons. The predicted molar refractivity (Wildman–Crippen MR) is 54.1 cm³/mol. The molecule has 0 fully saturated rings. The number of imidazole rings is 1. The molecule has 0 atom stereocenters. The van der Waals surface area contributed by atoms with Crippen molar-refractivity contribution in [2.45, 2.75) is 0 Å². The van der Waals surface area contributed by atoms with Crippen LogP contribution in [0.2, 0.25) is 0 Å². The Morgan fingerprint density at radius 2 is 2.15 bits per heavy atom. The monoisotopic (exact) mass is 237 g/mol. The van der Waals surface area contributed by atoms with Crippen molar-refractivity contribution in [2.24, 2.45) is 7.05 Å². The fourth-order valence-corrected chi connectivity index (χ4v) is 1.39. The summed E-state index contributed by atoms with van der Waals surface area (Å²) in [7, 11) is 1.95. The molecule has 2 rings (SSSR count). The lowest BCUT2D eigenvalue weighted by Gasteiger charge is -2.00. The van der Waals surface area contributed by atoms with Gasteiger partial charge in [0, 0.05) is 13.2 Å². The first-order valence-electron chi connectivity index (χ1n) is 3.87. The van der Waals surface area contributed by atoms with Crippen LogP contribution in [0.3, 0.4) is 0 Å². The molecule has 0 N–H and O–H groups in total. The number of aromatic nitrogens is 3. The molecule has 0 saturated carbocycles. The molecule has 0 amide bonds. The van der Waals surface area contributed by atoms with Gasteiger partial charge in [-0.05, 0) is 28.1 Å². The summed E-state index contributed by atoms with van der Waals surface area (Å²) < 4.78 is 2.90. The fraction of sp³-hybridized carbons (Fsp3) is 0.111. The maximum Gasteiger partial charge on any atom is 0.159 e. The molecular weight excluding hydrogens is 230 g/mol. The average Bonchev–Trinajstić information content (AvgIpc) is 2.49. The zero-order chi connectivity index (χ0) is 9.26. The van der Waals surface area contributed by atoms with Crippen molar-refractivity contribution in [1.29, 1.82) is 0 Å². The molecule has 0 aliphatic carbocycles. The highest BCUT2D eigenvalue weighted by atomic mass is 79.9. The molecule has 0 unspecified atom stereocenters. The fourth-order valence-electron chi connectivity index (χ4n) is 1.12. The molecule has 0 aromatic carbocycles. The van der Waals surface area contributed by atoms with Crippen LogP contribution in [-0.2, 0) is 7.05 Å². The highest BCUT2D eigenvalue weighted by Gasteiger charge is 2.06. The Hall–Kier alpha value is -1.16. The van der Waals surface area contributed by atoms with E-state index in [4.69, 9.17) is 0 Å². The van der Waals surface area contributed by atoms with Crippen molar-refractivity contribution in [3.05, 3.63) is 35.2 Å². The molecule has 0 aliphatic heterocycles. The normalized spacial score (nSPS) is 10.3. The molecule has 3 nitrogen and oxygen atoms in total. The SMILES string of the molecule is Cn1c(Br)cnc1-c1ccccn1. The van der Waals surface area contributed by atoms with E-state index in [0.717, 1.165) is 16.1 Å². The lowest BCUT2D eigenvalue weighted by molar-refractivity contribution is 0.895. The number of hydrogen-bond acceptors (Lipinski definition) is 2. The van der Waals surface area contributed by atoms with Crippen LogP contribution in [0.1, 0.15) is 0 Å². The Morgan fingerprint density at radius 3 is 2.69 bits per heavy atom. The number of hydrogen-bond donors (Lipinski definition) is 0. The molecule has 2 aromatic heterocycles.